The number of rotatable bonds is 7. The number of unbranched alkanes of at least 4 members (excludes halogenated alkanes) is 1. The predicted molar refractivity (Wildman–Crippen MR) is 86.3 cm³/mol. The van der Waals surface area contributed by atoms with Gasteiger partial charge in [-0.2, -0.15) is 5.26 Å². The topological polar surface area (TPSA) is 65.3 Å². The lowest BCUT2D eigenvalue weighted by molar-refractivity contribution is -0.0438. The van der Waals surface area contributed by atoms with Crippen molar-refractivity contribution in [2.75, 3.05) is 26.8 Å². The Balaban J connectivity index is 2.32. The Hall–Kier alpha value is -1.48. The number of hydrogen-bond donors (Lipinski definition) is 2. The van der Waals surface area contributed by atoms with Crippen molar-refractivity contribution in [3.63, 3.8) is 0 Å². The van der Waals surface area contributed by atoms with Crippen molar-refractivity contribution in [1.82, 2.24) is 5.32 Å². The first-order valence-corrected chi connectivity index (χ1v) is 8.24. The van der Waals surface area contributed by atoms with Crippen molar-refractivity contribution >= 4 is 0 Å². The molecule has 4 nitrogen and oxygen atoms in total. The Morgan fingerprint density at radius 2 is 2.30 bits per heavy atom. The van der Waals surface area contributed by atoms with E-state index in [1.807, 2.05) is 0 Å². The van der Waals surface area contributed by atoms with E-state index in [0.717, 1.165) is 32.2 Å². The van der Waals surface area contributed by atoms with Crippen LogP contribution in [0.2, 0.25) is 0 Å². The van der Waals surface area contributed by atoms with Crippen molar-refractivity contribution in [2.45, 2.75) is 37.7 Å². The summed E-state index contributed by atoms with van der Waals surface area (Å²) in [5, 5.41) is 24.1. The highest BCUT2D eigenvalue weighted by molar-refractivity contribution is 5.42. The largest absolute Gasteiger partial charge is 0.385 e. The Labute approximate surface area is 137 Å². The molecule has 0 aliphatic carbocycles. The fourth-order valence-electron chi connectivity index (χ4n) is 3.43. The third-order valence-corrected chi connectivity index (χ3v) is 4.70. The first-order valence-electron chi connectivity index (χ1n) is 8.24. The van der Waals surface area contributed by atoms with Crippen LogP contribution in [0.3, 0.4) is 0 Å². The fourth-order valence-corrected chi connectivity index (χ4v) is 3.43. The van der Waals surface area contributed by atoms with Gasteiger partial charge in [-0.3, -0.25) is 0 Å². The van der Waals surface area contributed by atoms with Crippen molar-refractivity contribution in [1.29, 1.82) is 5.26 Å². The average molecular weight is 320 g/mol. The molecule has 5 heteroatoms. The molecular formula is C18H25FN2O2. The van der Waals surface area contributed by atoms with Crippen LogP contribution in [-0.2, 0) is 10.3 Å². The standard InChI is InChI=1S/C18H25FN2O2/c1-23-10-3-2-8-18(22,15-5-4-9-21-13-15)17-11-16(19)7-6-14(17)12-20/h6-7,11,15,21-22H,2-5,8-10,13H2,1H3/t15-,18-/m1/s1. The van der Waals surface area contributed by atoms with Gasteiger partial charge >= 0.3 is 0 Å². The quantitative estimate of drug-likeness (QED) is 0.758. The highest BCUT2D eigenvalue weighted by Gasteiger charge is 2.40. The second-order valence-electron chi connectivity index (χ2n) is 6.22. The molecule has 0 amide bonds. The molecule has 1 aliphatic rings. The van der Waals surface area contributed by atoms with E-state index in [0.29, 0.717) is 30.7 Å². The normalized spacial score (nSPS) is 20.7. The Morgan fingerprint density at radius 3 is 2.96 bits per heavy atom. The first-order chi connectivity index (χ1) is 11.1. The second-order valence-corrected chi connectivity index (χ2v) is 6.22. The van der Waals surface area contributed by atoms with Crippen LogP contribution >= 0.6 is 0 Å². The van der Waals surface area contributed by atoms with Gasteiger partial charge in [-0.1, -0.05) is 0 Å². The highest BCUT2D eigenvalue weighted by atomic mass is 19.1. The lowest BCUT2D eigenvalue weighted by Crippen LogP contribution is -2.44. The molecule has 1 fully saturated rings. The van der Waals surface area contributed by atoms with Gasteiger partial charge in [0.05, 0.1) is 17.2 Å². The SMILES string of the molecule is COCCCC[C@](O)(c1cc(F)ccc1C#N)[C@@H]1CCCNC1. The molecule has 0 unspecified atom stereocenters. The summed E-state index contributed by atoms with van der Waals surface area (Å²) < 4.78 is 18.8. The smallest absolute Gasteiger partial charge is 0.123 e. The molecule has 0 saturated carbocycles. The monoisotopic (exact) mass is 320 g/mol. The van der Waals surface area contributed by atoms with Gasteiger partial charge in [-0.05, 0) is 56.8 Å². The number of halogens is 1. The van der Waals surface area contributed by atoms with Crippen LogP contribution in [0.15, 0.2) is 18.2 Å². The number of ether oxygens (including phenoxy) is 1. The summed E-state index contributed by atoms with van der Waals surface area (Å²) in [4.78, 5) is 0. The maximum absolute atomic E-state index is 13.8. The van der Waals surface area contributed by atoms with Gasteiger partial charge < -0.3 is 15.2 Å². The van der Waals surface area contributed by atoms with E-state index in [1.165, 1.54) is 18.2 Å². The van der Waals surface area contributed by atoms with Crippen molar-refractivity contribution in [3.05, 3.63) is 35.1 Å². The maximum Gasteiger partial charge on any atom is 0.123 e. The second kappa shape index (κ2) is 8.39. The number of nitrogens with one attached hydrogen (secondary N) is 1. The average Bonchev–Trinajstić information content (AvgIpc) is 2.59. The minimum Gasteiger partial charge on any atom is -0.385 e. The van der Waals surface area contributed by atoms with Crippen LogP contribution in [0.5, 0.6) is 0 Å². The van der Waals surface area contributed by atoms with E-state index in [1.54, 1.807) is 7.11 Å². The Kier molecular flexibility index (Phi) is 6.52. The molecule has 0 aromatic heterocycles. The molecule has 1 aromatic carbocycles. The van der Waals surface area contributed by atoms with Gasteiger partial charge in [0, 0.05) is 31.7 Å². The third-order valence-electron chi connectivity index (χ3n) is 4.70. The first kappa shape index (κ1) is 17.9. The summed E-state index contributed by atoms with van der Waals surface area (Å²) in [5.74, 6) is -0.439. The molecule has 2 atom stereocenters. The van der Waals surface area contributed by atoms with Crippen LogP contribution in [0, 0.1) is 23.1 Å². The zero-order valence-corrected chi connectivity index (χ0v) is 13.6. The predicted octanol–water partition coefficient (Wildman–Crippen LogP) is 2.70. The van der Waals surface area contributed by atoms with Gasteiger partial charge in [0.1, 0.15) is 5.82 Å². The van der Waals surface area contributed by atoms with E-state index < -0.39 is 11.4 Å². The minimum atomic E-state index is -1.19. The molecule has 2 N–H and O–H groups in total. The van der Waals surface area contributed by atoms with Crippen molar-refractivity contribution < 1.29 is 14.2 Å². The molecule has 1 heterocycles. The summed E-state index contributed by atoms with van der Waals surface area (Å²) >= 11 is 0. The van der Waals surface area contributed by atoms with Gasteiger partial charge in [0.2, 0.25) is 0 Å². The van der Waals surface area contributed by atoms with E-state index in [-0.39, 0.29) is 5.92 Å². The molecular weight excluding hydrogens is 295 g/mol. The van der Waals surface area contributed by atoms with Crippen LogP contribution in [-0.4, -0.2) is 31.9 Å². The molecule has 0 bridgehead atoms. The summed E-state index contributed by atoms with van der Waals surface area (Å²) in [6, 6.07) is 6.15. The number of hydrogen-bond acceptors (Lipinski definition) is 4. The molecule has 1 saturated heterocycles. The molecule has 2 rings (SSSR count). The maximum atomic E-state index is 13.8. The summed E-state index contributed by atoms with van der Waals surface area (Å²) in [6.07, 6.45) is 3.94. The van der Waals surface area contributed by atoms with Crippen LogP contribution in [0.4, 0.5) is 4.39 Å². The van der Waals surface area contributed by atoms with E-state index in [9.17, 15) is 14.8 Å². The van der Waals surface area contributed by atoms with Gasteiger partial charge in [-0.25, -0.2) is 4.39 Å². The summed E-state index contributed by atoms with van der Waals surface area (Å²) in [7, 11) is 1.65. The van der Waals surface area contributed by atoms with E-state index >= 15 is 0 Å². The molecule has 23 heavy (non-hydrogen) atoms. The lowest BCUT2D eigenvalue weighted by atomic mass is 9.73. The molecule has 0 spiro atoms. The molecule has 1 aliphatic heterocycles. The van der Waals surface area contributed by atoms with Crippen LogP contribution in [0.25, 0.3) is 0 Å². The zero-order chi connectivity index (χ0) is 16.7. The Morgan fingerprint density at radius 1 is 1.48 bits per heavy atom. The van der Waals surface area contributed by atoms with E-state index in [4.69, 9.17) is 4.74 Å². The number of piperidine rings is 1. The molecule has 0 radical (unpaired) electrons. The summed E-state index contributed by atoms with van der Waals surface area (Å²) in [6.45, 7) is 2.25. The molecule has 1 aromatic rings. The van der Waals surface area contributed by atoms with Crippen LogP contribution < -0.4 is 5.32 Å². The minimum absolute atomic E-state index is 0.0207. The van der Waals surface area contributed by atoms with Crippen molar-refractivity contribution in [2.24, 2.45) is 5.92 Å². The van der Waals surface area contributed by atoms with Gasteiger partial charge in [0.25, 0.3) is 0 Å². The van der Waals surface area contributed by atoms with Gasteiger partial charge in [-0.15, -0.1) is 0 Å². The number of aliphatic hydroxyl groups is 1. The third kappa shape index (κ3) is 4.29. The highest BCUT2D eigenvalue weighted by Crippen LogP contribution is 2.40. The van der Waals surface area contributed by atoms with Crippen molar-refractivity contribution in [3.8, 4) is 6.07 Å². The number of nitrogens with zero attached hydrogens (tertiary/aromatic N) is 1. The lowest BCUT2D eigenvalue weighted by Gasteiger charge is -2.40. The fraction of sp³-hybridized carbons (Fsp3) is 0.611. The summed E-state index contributed by atoms with van der Waals surface area (Å²) in [5.41, 5.74) is -0.411. The number of benzene rings is 1. The zero-order valence-electron chi connectivity index (χ0n) is 13.6. The number of nitriles is 1. The van der Waals surface area contributed by atoms with Crippen LogP contribution in [0.1, 0.15) is 43.2 Å². The Bertz CT molecular complexity index is 552. The van der Waals surface area contributed by atoms with E-state index in [2.05, 4.69) is 11.4 Å². The van der Waals surface area contributed by atoms with Gasteiger partial charge in [0.15, 0.2) is 0 Å². The molecule has 126 valence electrons. The number of methoxy groups -OCH3 is 1.